The fourth-order valence-corrected chi connectivity index (χ4v) is 4.51. The van der Waals surface area contributed by atoms with E-state index < -0.39 is 0 Å². The highest BCUT2D eigenvalue weighted by atomic mass is 16.5. The third-order valence-corrected chi connectivity index (χ3v) is 6.06. The molecule has 150 valence electrons. The van der Waals surface area contributed by atoms with E-state index in [9.17, 15) is 0 Å². The van der Waals surface area contributed by atoms with E-state index in [1.807, 2.05) is 0 Å². The Balaban J connectivity index is 1.66. The van der Waals surface area contributed by atoms with Gasteiger partial charge in [0.05, 0.1) is 5.39 Å². The van der Waals surface area contributed by atoms with E-state index in [-0.39, 0.29) is 0 Å². The molecule has 3 heterocycles. The lowest BCUT2D eigenvalue weighted by Crippen LogP contribution is -2.28. The summed E-state index contributed by atoms with van der Waals surface area (Å²) < 4.78 is 7.76. The number of ether oxygens (including phenoxy) is 1. The van der Waals surface area contributed by atoms with Gasteiger partial charge in [-0.2, -0.15) is 0 Å². The van der Waals surface area contributed by atoms with Gasteiger partial charge in [0.2, 0.25) is 0 Å². The highest BCUT2D eigenvalue weighted by Gasteiger charge is 2.22. The van der Waals surface area contributed by atoms with Crippen LogP contribution < -0.4 is 5.32 Å². The maximum absolute atomic E-state index is 5.53. The number of benzene rings is 1. The molecule has 3 aromatic rings. The molecule has 0 spiro atoms. The molecule has 5 heteroatoms. The van der Waals surface area contributed by atoms with Crippen molar-refractivity contribution in [3.63, 3.8) is 0 Å². The van der Waals surface area contributed by atoms with Crippen molar-refractivity contribution >= 4 is 22.4 Å². The number of aromatic nitrogens is 3. The van der Waals surface area contributed by atoms with Gasteiger partial charge >= 0.3 is 0 Å². The molecule has 2 aliphatic rings. The summed E-state index contributed by atoms with van der Waals surface area (Å²) in [6.07, 6.45) is 13.2. The maximum Gasteiger partial charge on any atom is 0.150 e. The van der Waals surface area contributed by atoms with Crippen LogP contribution in [0, 0.1) is 6.92 Å². The minimum absolute atomic E-state index is 0.400. The Labute approximate surface area is 171 Å². The van der Waals surface area contributed by atoms with E-state index in [2.05, 4.69) is 58.3 Å². The minimum atomic E-state index is 0.400. The second-order valence-electron chi connectivity index (χ2n) is 8.18. The summed E-state index contributed by atoms with van der Waals surface area (Å²) in [4.78, 5) is 9.39. The summed E-state index contributed by atoms with van der Waals surface area (Å²) in [5.74, 6) is 0.953. The number of rotatable bonds is 4. The summed E-state index contributed by atoms with van der Waals surface area (Å²) in [6, 6.07) is 9.01. The topological polar surface area (TPSA) is 52.0 Å². The molecular weight excluding hydrogens is 360 g/mol. The molecule has 1 saturated heterocycles. The van der Waals surface area contributed by atoms with Crippen LogP contribution in [-0.4, -0.2) is 33.8 Å². The van der Waals surface area contributed by atoms with E-state index in [1.165, 1.54) is 29.5 Å². The average molecular weight is 389 g/mol. The van der Waals surface area contributed by atoms with Gasteiger partial charge < -0.3 is 14.6 Å². The van der Waals surface area contributed by atoms with E-state index >= 15 is 0 Å². The van der Waals surface area contributed by atoms with E-state index in [1.54, 1.807) is 6.33 Å². The van der Waals surface area contributed by atoms with Gasteiger partial charge in [-0.25, -0.2) is 9.97 Å². The number of allylic oxidation sites excluding steroid dienone is 2. The zero-order valence-corrected chi connectivity index (χ0v) is 17.0. The molecule has 5 nitrogen and oxygen atoms in total. The number of anilines is 1. The van der Waals surface area contributed by atoms with Crippen LogP contribution in [0.25, 0.3) is 22.3 Å². The molecule has 0 radical (unpaired) electrons. The highest BCUT2D eigenvalue weighted by molar-refractivity contribution is 5.99. The monoisotopic (exact) mass is 388 g/mol. The number of hydrogen-bond acceptors (Lipinski definition) is 4. The Morgan fingerprint density at radius 1 is 1.14 bits per heavy atom. The smallest absolute Gasteiger partial charge is 0.150 e. The minimum Gasteiger partial charge on any atom is -0.381 e. The Kier molecular flexibility index (Phi) is 5.06. The highest BCUT2D eigenvalue weighted by Crippen LogP contribution is 2.37. The van der Waals surface area contributed by atoms with Crippen LogP contribution in [0.4, 0.5) is 5.82 Å². The largest absolute Gasteiger partial charge is 0.381 e. The van der Waals surface area contributed by atoms with Crippen LogP contribution in [-0.2, 0) is 4.74 Å². The predicted octanol–water partition coefficient (Wildman–Crippen LogP) is 5.28. The standard InChI is InChI=1S/C24H28N4O/c1-17-6-5-9-20(14-17)28-15-21(18-7-3-2-4-8-18)22-23(25-16-26-24(22)28)27-19-10-12-29-13-11-19/h5-7,9,14-16,19H,2-4,8,10-13H2,1H3,(H,25,26,27). The van der Waals surface area contributed by atoms with Crippen LogP contribution in [0.2, 0.25) is 0 Å². The van der Waals surface area contributed by atoms with Crippen molar-refractivity contribution in [1.29, 1.82) is 0 Å². The lowest BCUT2D eigenvalue weighted by Gasteiger charge is -2.24. The summed E-state index contributed by atoms with van der Waals surface area (Å²) in [5, 5.41) is 4.85. The molecule has 0 saturated carbocycles. The van der Waals surface area contributed by atoms with Crippen molar-refractivity contribution in [3.8, 4) is 5.69 Å². The van der Waals surface area contributed by atoms with E-state index in [0.29, 0.717) is 6.04 Å². The molecule has 1 aromatic carbocycles. The molecule has 0 atom stereocenters. The third kappa shape index (κ3) is 3.67. The first-order valence-corrected chi connectivity index (χ1v) is 10.8. The molecule has 29 heavy (non-hydrogen) atoms. The van der Waals surface area contributed by atoms with Crippen LogP contribution >= 0.6 is 0 Å². The Morgan fingerprint density at radius 3 is 2.83 bits per heavy atom. The first-order chi connectivity index (χ1) is 14.3. The third-order valence-electron chi connectivity index (χ3n) is 6.06. The first-order valence-electron chi connectivity index (χ1n) is 10.8. The predicted molar refractivity (Wildman–Crippen MR) is 118 cm³/mol. The van der Waals surface area contributed by atoms with E-state index in [4.69, 9.17) is 9.72 Å². The van der Waals surface area contributed by atoms with Gasteiger partial charge in [-0.3, -0.25) is 0 Å². The molecule has 0 unspecified atom stereocenters. The van der Waals surface area contributed by atoms with Gasteiger partial charge in [0.25, 0.3) is 0 Å². The summed E-state index contributed by atoms with van der Waals surface area (Å²) in [6.45, 7) is 3.76. The number of nitrogens with one attached hydrogen (secondary N) is 1. The summed E-state index contributed by atoms with van der Waals surface area (Å²) in [7, 11) is 0. The van der Waals surface area contributed by atoms with Gasteiger partial charge in [-0.05, 0) is 68.7 Å². The van der Waals surface area contributed by atoms with Gasteiger partial charge in [0.1, 0.15) is 12.1 Å². The molecule has 1 aliphatic carbocycles. The number of hydrogen-bond donors (Lipinski definition) is 1. The van der Waals surface area contributed by atoms with Crippen LogP contribution in [0.5, 0.6) is 0 Å². The second kappa shape index (κ2) is 7.99. The maximum atomic E-state index is 5.53. The van der Waals surface area contributed by atoms with Crippen molar-refractivity contribution in [1.82, 2.24) is 14.5 Å². The Hall–Kier alpha value is -2.66. The molecule has 1 aliphatic heterocycles. The fraction of sp³-hybridized carbons (Fsp3) is 0.417. The van der Waals surface area contributed by atoms with Gasteiger partial charge in [0.15, 0.2) is 5.65 Å². The quantitative estimate of drug-likeness (QED) is 0.661. The molecule has 0 bridgehead atoms. The number of nitrogens with zero attached hydrogens (tertiary/aromatic N) is 3. The van der Waals surface area contributed by atoms with Crippen molar-refractivity contribution in [2.45, 2.75) is 51.5 Å². The van der Waals surface area contributed by atoms with Gasteiger partial charge in [-0.15, -0.1) is 0 Å². The molecule has 2 aromatic heterocycles. The summed E-state index contributed by atoms with van der Waals surface area (Å²) in [5.41, 5.74) is 6.07. The SMILES string of the molecule is Cc1cccc(-n2cc(C3=CCCCC3)c3c(NC4CCOCC4)ncnc32)c1. The Bertz CT molecular complexity index is 1050. The second-order valence-corrected chi connectivity index (χ2v) is 8.18. The lowest BCUT2D eigenvalue weighted by molar-refractivity contribution is 0.0904. The molecule has 0 amide bonds. The number of aryl methyl sites for hydroxylation is 1. The van der Waals surface area contributed by atoms with Crippen LogP contribution in [0.1, 0.15) is 49.7 Å². The van der Waals surface area contributed by atoms with Crippen molar-refractivity contribution in [2.24, 2.45) is 0 Å². The zero-order chi connectivity index (χ0) is 19.6. The molecule has 1 N–H and O–H groups in total. The first kappa shape index (κ1) is 18.4. The Morgan fingerprint density at radius 2 is 2.03 bits per heavy atom. The average Bonchev–Trinajstić information content (AvgIpc) is 3.16. The molecular formula is C24H28N4O. The lowest BCUT2D eigenvalue weighted by atomic mass is 9.94. The fourth-order valence-electron chi connectivity index (χ4n) is 4.51. The van der Waals surface area contributed by atoms with Gasteiger partial charge in [-0.1, -0.05) is 18.2 Å². The van der Waals surface area contributed by atoms with E-state index in [0.717, 1.165) is 61.4 Å². The molecule has 1 fully saturated rings. The molecule has 5 rings (SSSR count). The van der Waals surface area contributed by atoms with Crippen LogP contribution in [0.3, 0.4) is 0 Å². The number of fused-ring (bicyclic) bond motifs is 1. The van der Waals surface area contributed by atoms with Gasteiger partial charge in [0, 0.05) is 36.7 Å². The van der Waals surface area contributed by atoms with Crippen LogP contribution in [0.15, 0.2) is 42.9 Å². The summed E-state index contributed by atoms with van der Waals surface area (Å²) >= 11 is 0. The van der Waals surface area contributed by atoms with Crippen molar-refractivity contribution in [2.75, 3.05) is 18.5 Å². The normalized spacial score (nSPS) is 18.0. The zero-order valence-electron chi connectivity index (χ0n) is 17.0. The van der Waals surface area contributed by atoms with Crippen molar-refractivity contribution in [3.05, 3.63) is 54.0 Å². The van der Waals surface area contributed by atoms with Crippen molar-refractivity contribution < 1.29 is 4.74 Å².